The zero-order valence-corrected chi connectivity index (χ0v) is 20.8. The molecule has 0 amide bonds. The summed E-state index contributed by atoms with van der Waals surface area (Å²) >= 11 is 12.0. The molecule has 3 rings (SSSR count). The minimum atomic E-state index is -0.107. The lowest BCUT2D eigenvalue weighted by Crippen LogP contribution is -2.46. The molecule has 2 aromatic rings. The van der Waals surface area contributed by atoms with Crippen LogP contribution in [-0.4, -0.2) is 91.4 Å². The summed E-state index contributed by atoms with van der Waals surface area (Å²) in [7, 11) is 4.13. The summed E-state index contributed by atoms with van der Waals surface area (Å²) < 4.78 is 5.46. The lowest BCUT2D eigenvalue weighted by atomic mass is 10.1. The van der Waals surface area contributed by atoms with Gasteiger partial charge in [0.2, 0.25) is 0 Å². The van der Waals surface area contributed by atoms with Crippen LogP contribution in [0.25, 0.3) is 10.9 Å². The summed E-state index contributed by atoms with van der Waals surface area (Å²) in [5.74, 6) is 0. The molecule has 0 saturated carbocycles. The fourth-order valence-electron chi connectivity index (χ4n) is 3.75. The monoisotopic (exact) mass is 479 g/mol. The molecular weight excluding hydrogens is 446 g/mol. The van der Waals surface area contributed by atoms with Gasteiger partial charge in [-0.3, -0.25) is 9.69 Å². The molecule has 1 aromatic carbocycles. The third kappa shape index (κ3) is 7.15. The Morgan fingerprint density at radius 1 is 1.25 bits per heavy atom. The molecule has 0 aliphatic carbocycles. The minimum absolute atomic E-state index is 0.107. The van der Waals surface area contributed by atoms with Crippen molar-refractivity contribution < 1.29 is 4.74 Å². The number of aryl methyl sites for hydroxylation is 1. The third-order valence-electron chi connectivity index (χ3n) is 5.70. The summed E-state index contributed by atoms with van der Waals surface area (Å²) in [5, 5.41) is 5.68. The van der Waals surface area contributed by atoms with Gasteiger partial charge in [-0.2, -0.15) is 0 Å². The standard InChI is InChI=1S/C23H34ClN5O2S/c1-17-13-18-14-19(22(30)26-21(18)15-20(17)24)16-29(8-7-28-9-11-31-12-10-28)23(32)25-5-4-6-27(2)3/h13-15H,4-12,16H2,1-3H3,(H,25,32)(H,26,30). The highest BCUT2D eigenvalue weighted by Gasteiger charge is 2.17. The van der Waals surface area contributed by atoms with Gasteiger partial charge >= 0.3 is 0 Å². The maximum atomic E-state index is 12.8. The number of hydrogen-bond acceptors (Lipinski definition) is 5. The average molecular weight is 480 g/mol. The maximum Gasteiger partial charge on any atom is 0.253 e. The first-order chi connectivity index (χ1) is 15.3. The normalized spacial score (nSPS) is 14.8. The van der Waals surface area contributed by atoms with Gasteiger partial charge in [-0.15, -0.1) is 0 Å². The number of nitrogens with zero attached hydrogens (tertiary/aromatic N) is 3. The van der Waals surface area contributed by atoms with Crippen LogP contribution in [0.4, 0.5) is 0 Å². The number of thiocarbonyl (C=S) groups is 1. The van der Waals surface area contributed by atoms with Gasteiger partial charge in [0.15, 0.2) is 5.11 Å². The fraction of sp³-hybridized carbons (Fsp3) is 0.565. The van der Waals surface area contributed by atoms with Gasteiger partial charge in [0, 0.05) is 48.8 Å². The predicted octanol–water partition coefficient (Wildman–Crippen LogP) is 2.45. The Morgan fingerprint density at radius 3 is 2.72 bits per heavy atom. The van der Waals surface area contributed by atoms with E-state index in [4.69, 9.17) is 28.6 Å². The Bertz CT molecular complexity index is 975. The highest BCUT2D eigenvalue weighted by Crippen LogP contribution is 2.22. The van der Waals surface area contributed by atoms with Crippen LogP contribution in [0.3, 0.4) is 0 Å². The summed E-state index contributed by atoms with van der Waals surface area (Å²) in [6, 6.07) is 5.77. The second-order valence-corrected chi connectivity index (χ2v) is 9.37. The van der Waals surface area contributed by atoms with E-state index in [1.54, 1.807) is 0 Å². The van der Waals surface area contributed by atoms with Gasteiger partial charge in [-0.25, -0.2) is 0 Å². The summed E-state index contributed by atoms with van der Waals surface area (Å²) in [4.78, 5) is 22.4. The first-order valence-electron chi connectivity index (χ1n) is 11.1. The minimum Gasteiger partial charge on any atom is -0.379 e. The number of hydrogen-bond donors (Lipinski definition) is 2. The number of morpholine rings is 1. The van der Waals surface area contributed by atoms with Crippen LogP contribution in [0, 0.1) is 6.92 Å². The van der Waals surface area contributed by atoms with Gasteiger partial charge in [-0.05, 0) is 75.4 Å². The molecule has 0 bridgehead atoms. The van der Waals surface area contributed by atoms with Crippen LogP contribution >= 0.6 is 23.8 Å². The van der Waals surface area contributed by atoms with Gasteiger partial charge in [0.1, 0.15) is 0 Å². The smallest absolute Gasteiger partial charge is 0.253 e. The molecule has 2 heterocycles. The zero-order valence-electron chi connectivity index (χ0n) is 19.2. The van der Waals surface area contributed by atoms with Crippen LogP contribution in [0.1, 0.15) is 17.5 Å². The van der Waals surface area contributed by atoms with Crippen LogP contribution in [-0.2, 0) is 11.3 Å². The number of pyridine rings is 1. The molecular formula is C23H34ClN5O2S. The topological polar surface area (TPSA) is 63.8 Å². The summed E-state index contributed by atoms with van der Waals surface area (Å²) in [6.07, 6.45) is 1.00. The molecule has 1 aliphatic heterocycles. The van der Waals surface area contributed by atoms with Crippen molar-refractivity contribution in [2.24, 2.45) is 0 Å². The van der Waals surface area contributed by atoms with Crippen molar-refractivity contribution in [3.8, 4) is 0 Å². The SMILES string of the molecule is Cc1cc2cc(CN(CCN3CCOCC3)C(=S)NCCCN(C)C)c(=O)[nH]c2cc1Cl. The molecule has 176 valence electrons. The van der Waals surface area contributed by atoms with Crippen molar-refractivity contribution in [1.82, 2.24) is 25.0 Å². The molecule has 1 fully saturated rings. The zero-order chi connectivity index (χ0) is 23.1. The summed E-state index contributed by atoms with van der Waals surface area (Å²) in [5.41, 5.74) is 2.32. The number of ether oxygens (including phenoxy) is 1. The van der Waals surface area contributed by atoms with Crippen molar-refractivity contribution in [1.29, 1.82) is 0 Å². The van der Waals surface area contributed by atoms with Gasteiger partial charge in [0.05, 0.1) is 19.8 Å². The van der Waals surface area contributed by atoms with Crippen LogP contribution < -0.4 is 10.9 Å². The van der Waals surface area contributed by atoms with E-state index in [0.717, 1.165) is 75.4 Å². The highest BCUT2D eigenvalue weighted by atomic mass is 35.5. The molecule has 7 nitrogen and oxygen atoms in total. The Balaban J connectivity index is 1.74. The molecule has 32 heavy (non-hydrogen) atoms. The van der Waals surface area contributed by atoms with Crippen molar-refractivity contribution in [3.63, 3.8) is 0 Å². The van der Waals surface area contributed by atoms with Crippen LogP contribution in [0.5, 0.6) is 0 Å². The van der Waals surface area contributed by atoms with Gasteiger partial charge in [0.25, 0.3) is 5.56 Å². The number of nitrogens with one attached hydrogen (secondary N) is 2. The first kappa shape index (κ1) is 24.9. The van der Waals surface area contributed by atoms with E-state index in [-0.39, 0.29) is 5.56 Å². The predicted molar refractivity (Wildman–Crippen MR) is 136 cm³/mol. The number of H-pyrrole nitrogens is 1. The fourth-order valence-corrected chi connectivity index (χ4v) is 4.17. The van der Waals surface area contributed by atoms with Crippen molar-refractivity contribution in [2.45, 2.75) is 19.9 Å². The Labute approximate surface area is 200 Å². The summed E-state index contributed by atoms with van der Waals surface area (Å²) in [6.45, 7) is 9.22. The number of fused-ring (bicyclic) bond motifs is 1. The van der Waals surface area contributed by atoms with E-state index in [1.807, 2.05) is 25.1 Å². The van der Waals surface area contributed by atoms with Crippen molar-refractivity contribution in [2.75, 3.05) is 66.6 Å². The van der Waals surface area contributed by atoms with E-state index in [1.165, 1.54) is 0 Å². The molecule has 0 radical (unpaired) electrons. The van der Waals surface area contributed by atoms with E-state index in [9.17, 15) is 4.79 Å². The number of aromatic nitrogens is 1. The molecule has 9 heteroatoms. The van der Waals surface area contributed by atoms with E-state index in [0.29, 0.717) is 22.2 Å². The van der Waals surface area contributed by atoms with Gasteiger partial charge < -0.3 is 24.8 Å². The first-order valence-corrected chi connectivity index (χ1v) is 11.9. The van der Waals surface area contributed by atoms with Crippen LogP contribution in [0.15, 0.2) is 23.0 Å². The number of halogens is 1. The molecule has 0 unspecified atom stereocenters. The number of rotatable bonds is 9. The molecule has 2 N–H and O–H groups in total. The third-order valence-corrected chi connectivity index (χ3v) is 6.51. The number of aromatic amines is 1. The van der Waals surface area contributed by atoms with E-state index < -0.39 is 0 Å². The molecule has 1 aromatic heterocycles. The van der Waals surface area contributed by atoms with Crippen molar-refractivity contribution in [3.05, 3.63) is 44.7 Å². The molecule has 1 saturated heterocycles. The molecule has 1 aliphatic rings. The second kappa shape index (κ2) is 12.0. The Hall–Kier alpha value is -1.71. The van der Waals surface area contributed by atoms with Crippen LogP contribution in [0.2, 0.25) is 5.02 Å². The quantitative estimate of drug-likeness (QED) is 0.423. The maximum absolute atomic E-state index is 12.8. The number of benzene rings is 1. The Morgan fingerprint density at radius 2 is 2.00 bits per heavy atom. The van der Waals surface area contributed by atoms with Gasteiger partial charge in [-0.1, -0.05) is 11.6 Å². The van der Waals surface area contributed by atoms with E-state index >= 15 is 0 Å². The van der Waals surface area contributed by atoms with E-state index in [2.05, 4.69) is 39.1 Å². The second-order valence-electron chi connectivity index (χ2n) is 8.58. The lowest BCUT2D eigenvalue weighted by Gasteiger charge is -2.31. The Kier molecular flexibility index (Phi) is 9.31. The van der Waals surface area contributed by atoms with Crippen molar-refractivity contribution >= 4 is 39.8 Å². The molecule has 0 atom stereocenters. The highest BCUT2D eigenvalue weighted by molar-refractivity contribution is 7.80. The average Bonchev–Trinajstić information content (AvgIpc) is 2.76. The molecule has 0 spiro atoms. The largest absolute Gasteiger partial charge is 0.379 e. The lowest BCUT2D eigenvalue weighted by molar-refractivity contribution is 0.0357.